The number of aliphatic hydroxyl groups is 2. The minimum Gasteiger partial charge on any atom is -0.479 e. The highest BCUT2D eigenvalue weighted by Gasteiger charge is 2.50. The molecule has 1 aliphatic heterocycles. The van der Waals surface area contributed by atoms with Crippen molar-refractivity contribution in [3.8, 4) is 0 Å². The molecule has 0 aromatic heterocycles. The van der Waals surface area contributed by atoms with Crippen molar-refractivity contribution in [3.05, 3.63) is 72.9 Å². The van der Waals surface area contributed by atoms with Gasteiger partial charge in [0.05, 0.1) is 13.0 Å². The number of carbonyl (C=O) groups excluding carboxylic acids is 3. The van der Waals surface area contributed by atoms with Crippen molar-refractivity contribution in [3.63, 3.8) is 0 Å². The lowest BCUT2D eigenvalue weighted by molar-refractivity contribution is -0.301. The van der Waals surface area contributed by atoms with Crippen molar-refractivity contribution < 1.29 is 58.2 Å². The molecule has 0 aromatic rings. The molecule has 1 saturated heterocycles. The maximum absolute atomic E-state index is 13.1. The molecule has 0 aliphatic carbocycles. The number of esters is 3. The van der Waals surface area contributed by atoms with Gasteiger partial charge in [0.1, 0.15) is 18.8 Å². The molecule has 3 N–H and O–H groups in total. The van der Waals surface area contributed by atoms with Gasteiger partial charge in [0.15, 0.2) is 24.6 Å². The Morgan fingerprint density at radius 2 is 0.904 bits per heavy atom. The van der Waals surface area contributed by atoms with Crippen molar-refractivity contribution >= 4 is 23.9 Å². The van der Waals surface area contributed by atoms with Gasteiger partial charge in [-0.1, -0.05) is 222 Å². The summed E-state index contributed by atoms with van der Waals surface area (Å²) in [6.45, 7) is 5.81. The highest BCUT2D eigenvalue weighted by molar-refractivity contribution is 5.74. The summed E-state index contributed by atoms with van der Waals surface area (Å²) in [6, 6.07) is 0. The fourth-order valence-corrected chi connectivity index (χ4v) is 8.38. The zero-order valence-corrected chi connectivity index (χ0v) is 45.9. The van der Waals surface area contributed by atoms with E-state index in [0.29, 0.717) is 19.3 Å². The molecule has 1 rings (SSSR count). The van der Waals surface area contributed by atoms with Crippen LogP contribution in [0, 0.1) is 0 Å². The topological polar surface area (TPSA) is 175 Å². The monoisotopic (exact) mass is 1030 g/mol. The molecular weight excluding hydrogens is 925 g/mol. The lowest BCUT2D eigenvalue weighted by atomic mass is 9.98. The minimum atomic E-state index is -1.94. The lowest BCUT2D eigenvalue weighted by Crippen LogP contribution is -2.61. The van der Waals surface area contributed by atoms with Gasteiger partial charge >= 0.3 is 23.9 Å². The van der Waals surface area contributed by atoms with E-state index in [2.05, 4.69) is 69.4 Å². The highest BCUT2D eigenvalue weighted by atomic mass is 16.7. The average molecular weight is 1030 g/mol. The zero-order valence-electron chi connectivity index (χ0n) is 45.9. The maximum Gasteiger partial charge on any atom is 0.335 e. The number of hydrogen-bond donors (Lipinski definition) is 3. The molecule has 6 atom stereocenters. The molecule has 0 aromatic carbocycles. The molecule has 0 bridgehead atoms. The van der Waals surface area contributed by atoms with Crippen LogP contribution in [0.3, 0.4) is 0 Å². The van der Waals surface area contributed by atoms with Crippen LogP contribution in [0.4, 0.5) is 0 Å². The molecule has 73 heavy (non-hydrogen) atoms. The molecule has 6 unspecified atom stereocenters. The Hall–Kier alpha value is -3.84. The van der Waals surface area contributed by atoms with E-state index in [-0.39, 0.29) is 25.9 Å². The first kappa shape index (κ1) is 67.2. The number of aliphatic carboxylic acids is 1. The van der Waals surface area contributed by atoms with Crippen LogP contribution >= 0.6 is 0 Å². The van der Waals surface area contributed by atoms with Gasteiger partial charge in [-0.25, -0.2) is 4.79 Å². The van der Waals surface area contributed by atoms with Gasteiger partial charge in [0, 0.05) is 12.8 Å². The molecule has 0 radical (unpaired) electrons. The van der Waals surface area contributed by atoms with Gasteiger partial charge in [0.2, 0.25) is 0 Å². The number of rotatable bonds is 48. The number of allylic oxidation sites excluding steroid dienone is 11. The van der Waals surface area contributed by atoms with Gasteiger partial charge in [-0.2, -0.15) is 0 Å². The average Bonchev–Trinajstić information content (AvgIpc) is 3.37. The summed E-state index contributed by atoms with van der Waals surface area (Å²) in [4.78, 5) is 51.0. The highest BCUT2D eigenvalue weighted by Crippen LogP contribution is 2.26. The number of ether oxygens (including phenoxy) is 5. The molecule has 0 amide bonds. The summed E-state index contributed by atoms with van der Waals surface area (Å²) in [5.74, 6) is -3.29. The third-order valence-electron chi connectivity index (χ3n) is 12.8. The first-order valence-corrected chi connectivity index (χ1v) is 28.9. The molecular formula is C61H102O12. The fourth-order valence-electron chi connectivity index (χ4n) is 8.38. The van der Waals surface area contributed by atoms with E-state index in [4.69, 9.17) is 23.7 Å². The first-order valence-electron chi connectivity index (χ1n) is 28.9. The normalized spacial score (nSPS) is 18.8. The van der Waals surface area contributed by atoms with Crippen LogP contribution in [-0.2, 0) is 42.9 Å². The van der Waals surface area contributed by atoms with Crippen LogP contribution in [0.15, 0.2) is 72.9 Å². The van der Waals surface area contributed by atoms with E-state index >= 15 is 0 Å². The van der Waals surface area contributed by atoms with Crippen molar-refractivity contribution in [2.45, 2.75) is 276 Å². The lowest BCUT2D eigenvalue weighted by Gasteiger charge is -2.40. The predicted octanol–water partition coefficient (Wildman–Crippen LogP) is 14.6. The van der Waals surface area contributed by atoms with Crippen molar-refractivity contribution in [1.82, 2.24) is 0 Å². The Kier molecular flexibility index (Phi) is 45.1. The largest absolute Gasteiger partial charge is 0.479 e. The van der Waals surface area contributed by atoms with E-state index in [1.807, 2.05) is 12.2 Å². The Bertz CT molecular complexity index is 1550. The number of carboxylic acids is 1. The first-order chi connectivity index (χ1) is 35.6. The Labute approximate surface area is 442 Å². The fraction of sp³-hybridized carbons (Fsp3) is 0.738. The van der Waals surface area contributed by atoms with Crippen molar-refractivity contribution in [2.24, 2.45) is 0 Å². The summed E-state index contributed by atoms with van der Waals surface area (Å²) in [7, 11) is 0. The zero-order chi connectivity index (χ0) is 53.3. The summed E-state index contributed by atoms with van der Waals surface area (Å²) in [6.07, 6.45) is 49.0. The molecule has 418 valence electrons. The summed E-state index contributed by atoms with van der Waals surface area (Å²) in [5.41, 5.74) is 0. The van der Waals surface area contributed by atoms with Crippen LogP contribution in [0.2, 0.25) is 0 Å². The van der Waals surface area contributed by atoms with Gasteiger partial charge in [0.25, 0.3) is 0 Å². The standard InChI is InChI=1S/C61H102O12/c1-4-7-10-13-16-19-22-25-27-30-32-35-38-41-44-47-53(62)69-50-52(71-54(63)48-45-42-39-36-33-29-24-21-18-15-12-9-6-3)51-70-61-59(57(66)56(65)58(73-61)60(67)68)72-55(64)49-46-43-40-37-34-31-28-26-23-20-17-14-11-8-5-2/h8,11,17,20-21,24,26,28,34,37,43,46,52,56-59,61,65-66H,4-7,9-10,12-16,18-19,22-23,25,27,29-33,35-36,38-42,44-45,47-51H2,1-3H3,(H,67,68)/b11-8-,20-17-,24-21-,28-26-,37-34-,46-43-. The van der Waals surface area contributed by atoms with Crippen LogP contribution in [0.1, 0.15) is 239 Å². The summed E-state index contributed by atoms with van der Waals surface area (Å²) < 4.78 is 28.3. The Morgan fingerprint density at radius 1 is 0.479 bits per heavy atom. The van der Waals surface area contributed by atoms with E-state index in [9.17, 15) is 34.5 Å². The summed E-state index contributed by atoms with van der Waals surface area (Å²) in [5, 5.41) is 31.4. The number of carboxylic acid groups (broad SMARTS) is 1. The van der Waals surface area contributed by atoms with Crippen LogP contribution < -0.4 is 0 Å². The number of carbonyl (C=O) groups is 4. The third kappa shape index (κ3) is 39.3. The second-order valence-corrected chi connectivity index (χ2v) is 19.6. The van der Waals surface area contributed by atoms with Gasteiger partial charge in [-0.05, 0) is 70.6 Å². The van der Waals surface area contributed by atoms with E-state index in [1.165, 1.54) is 96.3 Å². The summed E-state index contributed by atoms with van der Waals surface area (Å²) >= 11 is 0. The van der Waals surface area contributed by atoms with Crippen LogP contribution in [0.25, 0.3) is 0 Å². The molecule has 1 heterocycles. The van der Waals surface area contributed by atoms with E-state index in [1.54, 1.807) is 12.2 Å². The molecule has 1 aliphatic rings. The molecule has 0 spiro atoms. The molecule has 12 nitrogen and oxygen atoms in total. The smallest absolute Gasteiger partial charge is 0.335 e. The van der Waals surface area contributed by atoms with Gasteiger partial charge < -0.3 is 39.0 Å². The molecule has 12 heteroatoms. The maximum atomic E-state index is 13.1. The van der Waals surface area contributed by atoms with E-state index in [0.717, 1.165) is 83.5 Å². The third-order valence-corrected chi connectivity index (χ3v) is 12.8. The van der Waals surface area contributed by atoms with Crippen LogP contribution in [0.5, 0.6) is 0 Å². The number of hydrogen-bond acceptors (Lipinski definition) is 11. The van der Waals surface area contributed by atoms with Crippen molar-refractivity contribution in [2.75, 3.05) is 13.2 Å². The van der Waals surface area contributed by atoms with Gasteiger partial charge in [-0.15, -0.1) is 0 Å². The minimum absolute atomic E-state index is 0.142. The van der Waals surface area contributed by atoms with Gasteiger partial charge in [-0.3, -0.25) is 14.4 Å². The second kappa shape index (κ2) is 49.1. The number of aliphatic hydroxyl groups excluding tert-OH is 2. The van der Waals surface area contributed by atoms with E-state index < -0.39 is 67.3 Å². The molecule has 0 saturated carbocycles. The Balaban J connectivity index is 2.75. The Morgan fingerprint density at radius 3 is 1.38 bits per heavy atom. The quantitative estimate of drug-likeness (QED) is 0.0228. The van der Waals surface area contributed by atoms with Crippen LogP contribution in [-0.4, -0.2) is 89.2 Å². The van der Waals surface area contributed by atoms with Crippen molar-refractivity contribution in [1.29, 1.82) is 0 Å². The molecule has 1 fully saturated rings. The number of unbranched alkanes of at least 4 members (excludes halogenated alkanes) is 23. The predicted molar refractivity (Wildman–Crippen MR) is 294 cm³/mol. The SMILES string of the molecule is CC/C=C\C/C=C\C/C=C\C/C=C\C/C=C\CC(=O)OC1C(OCC(COC(=O)CCCCCCCCCCCCCCCCC)OC(=O)CCCCCCC/C=C\CCCCCC)OC(C(=O)O)C(O)C1O. The second-order valence-electron chi connectivity index (χ2n) is 19.6.